The molecule has 0 aromatic heterocycles. The number of rotatable bonds is 4. The van der Waals surface area contributed by atoms with Gasteiger partial charge in [0.1, 0.15) is 6.42 Å². The van der Waals surface area contributed by atoms with Gasteiger partial charge in [0.05, 0.1) is 17.7 Å². The summed E-state index contributed by atoms with van der Waals surface area (Å²) in [5.41, 5.74) is -0.602. The molecule has 1 aromatic rings. The van der Waals surface area contributed by atoms with Gasteiger partial charge in [-0.1, -0.05) is 18.7 Å². The van der Waals surface area contributed by atoms with Gasteiger partial charge in [-0.25, -0.2) is 16.2 Å². The van der Waals surface area contributed by atoms with Crippen molar-refractivity contribution in [2.24, 2.45) is 0 Å². The zero-order valence-corrected chi connectivity index (χ0v) is 11.0. The molecule has 2 rings (SSSR count). The molecule has 1 aliphatic heterocycles. The highest BCUT2D eigenvalue weighted by molar-refractivity contribution is 5.95. The molecule has 0 radical (unpaired) electrons. The fraction of sp³-hybridized carbons (Fsp3) is 0.267. The number of hydrogen-bond donors (Lipinski definition) is 0. The Balaban J connectivity index is 2.34. The van der Waals surface area contributed by atoms with E-state index in [1.54, 1.807) is 31.2 Å². The highest BCUT2D eigenvalue weighted by Crippen LogP contribution is 2.42. The Morgan fingerprint density at radius 2 is 2.20 bits per heavy atom. The van der Waals surface area contributed by atoms with Gasteiger partial charge in [0.2, 0.25) is 0 Å². The van der Waals surface area contributed by atoms with Crippen LogP contribution in [0.15, 0.2) is 36.4 Å². The van der Waals surface area contributed by atoms with E-state index in [0.717, 1.165) is 0 Å². The maximum Gasteiger partial charge on any atom is 0.410 e. The monoisotopic (exact) mass is 271 g/mol. The van der Waals surface area contributed by atoms with Crippen LogP contribution >= 0.6 is 0 Å². The summed E-state index contributed by atoms with van der Waals surface area (Å²) in [5.74, 6) is -1.15. The lowest BCUT2D eigenvalue weighted by molar-refractivity contribution is -0.139. The van der Waals surface area contributed by atoms with Crippen molar-refractivity contribution in [1.82, 2.24) is 0 Å². The summed E-state index contributed by atoms with van der Waals surface area (Å²) >= 11 is 0. The number of fused-ring (bicyclic) bond motifs is 1. The van der Waals surface area contributed by atoms with Gasteiger partial charge in [0, 0.05) is 5.57 Å². The van der Waals surface area contributed by atoms with Crippen LogP contribution in [0, 0.1) is 6.57 Å². The average molecular weight is 271 g/mol. The van der Waals surface area contributed by atoms with Crippen molar-refractivity contribution >= 4 is 11.9 Å². The maximum absolute atomic E-state index is 11.8. The van der Waals surface area contributed by atoms with E-state index in [2.05, 4.69) is 11.4 Å². The molecule has 0 aliphatic carbocycles. The molecule has 1 unspecified atom stereocenters. The highest BCUT2D eigenvalue weighted by Gasteiger charge is 2.53. The highest BCUT2D eigenvalue weighted by atomic mass is 16.6. The molecule has 0 N–H and O–H groups in total. The Morgan fingerprint density at radius 3 is 2.85 bits per heavy atom. The van der Waals surface area contributed by atoms with Crippen molar-refractivity contribution in [3.8, 4) is 0 Å². The fourth-order valence-corrected chi connectivity index (χ4v) is 2.11. The number of nitrogens with zero attached hydrogens (tertiary/aromatic N) is 1. The van der Waals surface area contributed by atoms with Crippen molar-refractivity contribution in [3.63, 3.8) is 0 Å². The molecular formula is C15H13NO4. The van der Waals surface area contributed by atoms with Crippen molar-refractivity contribution in [3.05, 3.63) is 59.0 Å². The van der Waals surface area contributed by atoms with Crippen LogP contribution in [0.4, 0.5) is 0 Å². The predicted octanol–water partition coefficient (Wildman–Crippen LogP) is 2.44. The summed E-state index contributed by atoms with van der Waals surface area (Å²) < 4.78 is 10.0. The molecule has 0 spiro atoms. The normalized spacial score (nSPS) is 19.7. The van der Waals surface area contributed by atoms with Crippen LogP contribution in [0.1, 0.15) is 29.3 Å². The first-order valence-electron chi connectivity index (χ1n) is 6.10. The van der Waals surface area contributed by atoms with E-state index in [9.17, 15) is 9.59 Å². The second-order valence-electron chi connectivity index (χ2n) is 4.33. The first kappa shape index (κ1) is 13.8. The largest absolute Gasteiger partial charge is 0.463 e. The Labute approximate surface area is 116 Å². The third-order valence-corrected chi connectivity index (χ3v) is 3.03. The molecule has 102 valence electrons. The van der Waals surface area contributed by atoms with Crippen molar-refractivity contribution < 1.29 is 19.1 Å². The molecule has 5 heteroatoms. The zero-order valence-electron chi connectivity index (χ0n) is 11.0. The molecule has 1 aliphatic rings. The van der Waals surface area contributed by atoms with E-state index in [4.69, 9.17) is 16.0 Å². The van der Waals surface area contributed by atoms with Gasteiger partial charge in [0.25, 0.3) is 0 Å². The van der Waals surface area contributed by atoms with Gasteiger partial charge in [-0.2, -0.15) is 0 Å². The molecule has 1 atom stereocenters. The maximum atomic E-state index is 11.8. The fourth-order valence-electron chi connectivity index (χ4n) is 2.11. The molecule has 0 saturated heterocycles. The number of cyclic esters (lactones) is 1. The van der Waals surface area contributed by atoms with Gasteiger partial charge < -0.3 is 9.47 Å². The Kier molecular flexibility index (Phi) is 3.57. The van der Waals surface area contributed by atoms with E-state index in [1.165, 1.54) is 0 Å². The van der Waals surface area contributed by atoms with E-state index in [1.807, 2.05) is 0 Å². The molecule has 1 heterocycles. The summed E-state index contributed by atoms with van der Waals surface area (Å²) in [4.78, 5) is 26.9. The van der Waals surface area contributed by atoms with Crippen LogP contribution in [0.5, 0.6) is 0 Å². The number of ether oxygens (including phenoxy) is 2. The first-order chi connectivity index (χ1) is 9.54. The molecule has 0 fully saturated rings. The van der Waals surface area contributed by atoms with Gasteiger partial charge in [-0.3, -0.25) is 4.85 Å². The third kappa shape index (κ3) is 2.16. The SMILES string of the molecule is [C-]#[N+]C1(CC(=C)C(=O)OCC)OC(=O)c2ccccc21. The number of carbonyl (C=O) groups is 2. The lowest BCUT2D eigenvalue weighted by Crippen LogP contribution is -2.25. The van der Waals surface area contributed by atoms with Gasteiger partial charge >= 0.3 is 17.7 Å². The molecule has 5 nitrogen and oxygen atoms in total. The lowest BCUT2D eigenvalue weighted by atomic mass is 9.94. The Hall–Kier alpha value is -2.61. The van der Waals surface area contributed by atoms with Gasteiger partial charge in [0.15, 0.2) is 0 Å². The van der Waals surface area contributed by atoms with Crippen molar-refractivity contribution in [1.29, 1.82) is 0 Å². The Morgan fingerprint density at radius 1 is 1.50 bits per heavy atom. The van der Waals surface area contributed by atoms with E-state index < -0.39 is 17.7 Å². The van der Waals surface area contributed by atoms with Crippen molar-refractivity contribution in [2.45, 2.75) is 19.1 Å². The van der Waals surface area contributed by atoms with Crippen LogP contribution < -0.4 is 0 Å². The number of esters is 2. The summed E-state index contributed by atoms with van der Waals surface area (Å²) in [5, 5.41) is 0. The van der Waals surface area contributed by atoms with Crippen LogP contribution in [0.25, 0.3) is 4.85 Å². The van der Waals surface area contributed by atoms with E-state index in [0.29, 0.717) is 11.1 Å². The molecule has 0 saturated carbocycles. The number of carbonyl (C=O) groups excluding carboxylic acids is 2. The van der Waals surface area contributed by atoms with E-state index >= 15 is 0 Å². The van der Waals surface area contributed by atoms with Gasteiger partial charge in [-0.05, 0) is 19.1 Å². The zero-order chi connectivity index (χ0) is 14.8. The second-order valence-corrected chi connectivity index (χ2v) is 4.33. The number of benzene rings is 1. The third-order valence-electron chi connectivity index (χ3n) is 3.03. The topological polar surface area (TPSA) is 57.0 Å². The summed E-state index contributed by atoms with van der Waals surface area (Å²) in [7, 11) is 0. The first-order valence-corrected chi connectivity index (χ1v) is 6.10. The minimum Gasteiger partial charge on any atom is -0.463 e. The van der Waals surface area contributed by atoms with Crippen molar-refractivity contribution in [2.75, 3.05) is 6.61 Å². The molecule has 20 heavy (non-hydrogen) atoms. The minimum atomic E-state index is -1.52. The molecule has 1 aromatic carbocycles. The van der Waals surface area contributed by atoms with E-state index in [-0.39, 0.29) is 18.6 Å². The van der Waals surface area contributed by atoms with Crippen LogP contribution in [0.3, 0.4) is 0 Å². The quantitative estimate of drug-likeness (QED) is 0.479. The summed E-state index contributed by atoms with van der Waals surface area (Å²) in [6, 6.07) is 6.66. The molecular weight excluding hydrogens is 258 g/mol. The lowest BCUT2D eigenvalue weighted by Gasteiger charge is -2.16. The standard InChI is InChI=1S/C15H13NO4/c1-4-19-13(17)10(2)9-15(16-3)12-8-6-5-7-11(12)14(18)20-15/h5-8H,2,4,9H2,1H3. The second kappa shape index (κ2) is 5.17. The van der Waals surface area contributed by atoms with Gasteiger partial charge in [-0.15, -0.1) is 0 Å². The average Bonchev–Trinajstić information content (AvgIpc) is 2.73. The van der Waals surface area contributed by atoms with Crippen LogP contribution in [-0.2, 0) is 20.0 Å². The van der Waals surface area contributed by atoms with Crippen LogP contribution in [0.2, 0.25) is 0 Å². The predicted molar refractivity (Wildman–Crippen MR) is 70.5 cm³/mol. The smallest absolute Gasteiger partial charge is 0.410 e. The summed E-state index contributed by atoms with van der Waals surface area (Å²) in [6.07, 6.45) is -0.0991. The minimum absolute atomic E-state index is 0.0991. The Bertz CT molecular complexity index is 629. The number of hydrogen-bond acceptors (Lipinski definition) is 4. The summed E-state index contributed by atoms with van der Waals surface area (Å²) in [6.45, 7) is 12.9. The van der Waals surface area contributed by atoms with Crippen LogP contribution in [-0.4, -0.2) is 18.5 Å². The molecule has 0 bridgehead atoms. The molecule has 0 amide bonds.